The van der Waals surface area contributed by atoms with Crippen molar-refractivity contribution in [2.24, 2.45) is 5.92 Å². The van der Waals surface area contributed by atoms with Crippen LogP contribution < -0.4 is 0 Å². The van der Waals surface area contributed by atoms with E-state index in [9.17, 15) is 0 Å². The molecule has 4 heteroatoms. The summed E-state index contributed by atoms with van der Waals surface area (Å²) in [5.74, 6) is 2.03. The van der Waals surface area contributed by atoms with E-state index in [1.807, 2.05) is 0 Å². The second-order valence-electron chi connectivity index (χ2n) is 4.44. The molecule has 0 unspecified atom stereocenters. The molecule has 2 aromatic rings. The molecular formula is C12H13BrN2S. The molecule has 1 atom stereocenters. The van der Waals surface area contributed by atoms with E-state index in [0.29, 0.717) is 0 Å². The highest BCUT2D eigenvalue weighted by Gasteiger charge is 2.18. The minimum absolute atomic E-state index is 0.782. The topological polar surface area (TPSA) is 17.8 Å². The third-order valence-corrected chi connectivity index (χ3v) is 4.70. The maximum atomic E-state index is 4.72. The first kappa shape index (κ1) is 10.5. The van der Waals surface area contributed by atoms with Gasteiger partial charge in [0.2, 0.25) is 0 Å². The lowest BCUT2D eigenvalue weighted by molar-refractivity contribution is 0.394. The summed E-state index contributed by atoms with van der Waals surface area (Å²) in [4.78, 5) is 5.97. The van der Waals surface area contributed by atoms with Crippen molar-refractivity contribution in [3.05, 3.63) is 27.9 Å². The van der Waals surface area contributed by atoms with Crippen molar-refractivity contribution in [1.82, 2.24) is 9.55 Å². The molecule has 0 spiro atoms. The van der Waals surface area contributed by atoms with Crippen molar-refractivity contribution in [3.8, 4) is 10.6 Å². The number of halogens is 1. The van der Waals surface area contributed by atoms with Crippen molar-refractivity contribution < 1.29 is 0 Å². The van der Waals surface area contributed by atoms with Crippen LogP contribution in [0.4, 0.5) is 0 Å². The lowest BCUT2D eigenvalue weighted by Gasteiger charge is -2.19. The number of hydrogen-bond donors (Lipinski definition) is 0. The quantitative estimate of drug-likeness (QED) is 0.779. The fraction of sp³-hybridized carbons (Fsp3) is 0.417. The van der Waals surface area contributed by atoms with Gasteiger partial charge in [0.25, 0.3) is 0 Å². The zero-order chi connectivity index (χ0) is 11.1. The second kappa shape index (κ2) is 4.00. The van der Waals surface area contributed by atoms with Crippen LogP contribution in [0.15, 0.2) is 22.1 Å². The number of imidazole rings is 1. The Morgan fingerprint density at radius 1 is 1.50 bits per heavy atom. The van der Waals surface area contributed by atoms with Crippen LogP contribution >= 0.6 is 27.3 Å². The van der Waals surface area contributed by atoms with Gasteiger partial charge in [-0.3, -0.25) is 0 Å². The Kier molecular flexibility index (Phi) is 2.64. The van der Waals surface area contributed by atoms with Crippen molar-refractivity contribution in [2.45, 2.75) is 26.3 Å². The number of aryl methyl sites for hydroxylation is 1. The van der Waals surface area contributed by atoms with E-state index in [4.69, 9.17) is 4.98 Å². The van der Waals surface area contributed by atoms with Gasteiger partial charge in [0.1, 0.15) is 5.82 Å². The first-order valence-corrected chi connectivity index (χ1v) is 7.15. The van der Waals surface area contributed by atoms with Gasteiger partial charge in [0, 0.05) is 19.2 Å². The number of aromatic nitrogens is 2. The monoisotopic (exact) mass is 296 g/mol. The van der Waals surface area contributed by atoms with Gasteiger partial charge < -0.3 is 4.57 Å². The lowest BCUT2D eigenvalue weighted by atomic mass is 10.0. The first-order valence-electron chi connectivity index (χ1n) is 5.54. The molecule has 0 N–H and O–H groups in total. The van der Waals surface area contributed by atoms with Gasteiger partial charge in [-0.15, -0.1) is 11.3 Å². The van der Waals surface area contributed by atoms with Crippen LogP contribution in [-0.4, -0.2) is 9.55 Å². The molecule has 1 aliphatic heterocycles. The van der Waals surface area contributed by atoms with Gasteiger partial charge in [-0.1, -0.05) is 6.92 Å². The Balaban J connectivity index is 1.98. The summed E-state index contributed by atoms with van der Waals surface area (Å²) in [7, 11) is 0. The molecule has 16 heavy (non-hydrogen) atoms. The first-order chi connectivity index (χ1) is 7.72. The molecule has 0 bridgehead atoms. The Morgan fingerprint density at radius 2 is 2.38 bits per heavy atom. The fourth-order valence-electron chi connectivity index (χ4n) is 2.19. The van der Waals surface area contributed by atoms with E-state index < -0.39 is 0 Å². The smallest absolute Gasteiger partial charge is 0.109 e. The summed E-state index contributed by atoms with van der Waals surface area (Å²) in [6.45, 7) is 3.43. The average molecular weight is 297 g/mol. The van der Waals surface area contributed by atoms with Gasteiger partial charge >= 0.3 is 0 Å². The Bertz CT molecular complexity index is 515. The Labute approximate surface area is 107 Å². The molecular weight excluding hydrogens is 284 g/mol. The average Bonchev–Trinajstić information content (AvgIpc) is 2.83. The molecule has 0 aliphatic carbocycles. The summed E-state index contributed by atoms with van der Waals surface area (Å²) < 4.78 is 3.48. The van der Waals surface area contributed by atoms with Crippen molar-refractivity contribution in [3.63, 3.8) is 0 Å². The van der Waals surface area contributed by atoms with Crippen LogP contribution in [0.25, 0.3) is 10.6 Å². The Morgan fingerprint density at radius 3 is 3.12 bits per heavy atom. The molecule has 0 saturated heterocycles. The summed E-state index contributed by atoms with van der Waals surface area (Å²) in [6.07, 6.45) is 4.58. The van der Waals surface area contributed by atoms with Crippen molar-refractivity contribution in [1.29, 1.82) is 0 Å². The second-order valence-corrected chi connectivity index (χ2v) is 6.91. The van der Waals surface area contributed by atoms with E-state index in [1.165, 1.54) is 20.9 Å². The molecule has 1 aliphatic rings. The predicted octanol–water partition coefficient (Wildman–Crippen LogP) is 3.96. The van der Waals surface area contributed by atoms with Gasteiger partial charge in [-0.25, -0.2) is 4.98 Å². The van der Waals surface area contributed by atoms with Gasteiger partial charge in [0.05, 0.1) is 14.4 Å². The highest BCUT2D eigenvalue weighted by molar-refractivity contribution is 9.11. The lowest BCUT2D eigenvalue weighted by Crippen LogP contribution is -2.17. The molecule has 3 rings (SSSR count). The predicted molar refractivity (Wildman–Crippen MR) is 70.7 cm³/mol. The highest BCUT2D eigenvalue weighted by atomic mass is 79.9. The molecule has 84 valence electrons. The van der Waals surface area contributed by atoms with Crippen LogP contribution in [0.1, 0.15) is 19.2 Å². The molecule has 3 heterocycles. The van der Waals surface area contributed by atoms with Crippen molar-refractivity contribution in [2.75, 3.05) is 0 Å². The molecule has 2 nitrogen and oxygen atoms in total. The fourth-order valence-corrected chi connectivity index (χ4v) is 3.53. The highest BCUT2D eigenvalue weighted by Crippen LogP contribution is 2.32. The van der Waals surface area contributed by atoms with Gasteiger partial charge in [0.15, 0.2) is 0 Å². The zero-order valence-electron chi connectivity index (χ0n) is 9.11. The van der Waals surface area contributed by atoms with E-state index >= 15 is 0 Å². The largest absolute Gasteiger partial charge is 0.334 e. The SMILES string of the molecule is C[C@H]1CCc2nc(-c3ccc(Br)s3)cn2C1. The number of hydrogen-bond acceptors (Lipinski definition) is 2. The molecule has 0 aromatic carbocycles. The maximum absolute atomic E-state index is 4.72. The summed E-state index contributed by atoms with van der Waals surface area (Å²) in [5.41, 5.74) is 1.12. The molecule has 0 fully saturated rings. The van der Waals surface area contributed by atoms with Crippen molar-refractivity contribution >= 4 is 27.3 Å². The van der Waals surface area contributed by atoms with Gasteiger partial charge in [-0.05, 0) is 40.4 Å². The molecule has 0 amide bonds. The van der Waals surface area contributed by atoms with E-state index in [-0.39, 0.29) is 0 Å². The van der Waals surface area contributed by atoms with E-state index in [2.05, 4.69) is 45.8 Å². The third kappa shape index (κ3) is 1.84. The molecule has 0 saturated carbocycles. The molecule has 2 aromatic heterocycles. The van der Waals surface area contributed by atoms with E-state index in [1.54, 1.807) is 11.3 Å². The zero-order valence-corrected chi connectivity index (χ0v) is 11.5. The van der Waals surface area contributed by atoms with Crippen LogP contribution in [0, 0.1) is 5.92 Å². The summed E-state index contributed by atoms with van der Waals surface area (Å²) in [5, 5.41) is 0. The standard InChI is InChI=1S/C12H13BrN2S/c1-8-2-5-12-14-9(7-15(12)6-8)10-3-4-11(13)16-10/h3-4,7-8H,2,5-6H2,1H3/t8-/m0/s1. The third-order valence-electron chi connectivity index (χ3n) is 3.05. The normalized spacial score (nSPS) is 19.8. The van der Waals surface area contributed by atoms with Gasteiger partial charge in [-0.2, -0.15) is 0 Å². The van der Waals surface area contributed by atoms with Crippen LogP contribution in [-0.2, 0) is 13.0 Å². The molecule has 0 radical (unpaired) electrons. The number of nitrogens with zero attached hydrogens (tertiary/aromatic N) is 2. The van der Waals surface area contributed by atoms with Crippen LogP contribution in [0.2, 0.25) is 0 Å². The Hall–Kier alpha value is -0.610. The minimum atomic E-state index is 0.782. The summed E-state index contributed by atoms with van der Waals surface area (Å²) in [6, 6.07) is 4.22. The number of rotatable bonds is 1. The maximum Gasteiger partial charge on any atom is 0.109 e. The van der Waals surface area contributed by atoms with E-state index in [0.717, 1.165) is 24.6 Å². The minimum Gasteiger partial charge on any atom is -0.334 e. The summed E-state index contributed by atoms with van der Waals surface area (Å²) >= 11 is 5.24. The number of thiophene rings is 1. The number of fused-ring (bicyclic) bond motifs is 1. The van der Waals surface area contributed by atoms with Crippen LogP contribution in [0.3, 0.4) is 0 Å². The van der Waals surface area contributed by atoms with Crippen LogP contribution in [0.5, 0.6) is 0 Å².